The second-order valence-corrected chi connectivity index (χ2v) is 9.79. The summed E-state index contributed by atoms with van der Waals surface area (Å²) in [5.74, 6) is -0.190. The Balaban J connectivity index is 1.48. The minimum absolute atomic E-state index is 0.138. The van der Waals surface area contributed by atoms with Crippen LogP contribution in [0.3, 0.4) is 0 Å². The highest BCUT2D eigenvalue weighted by atomic mass is 19.1. The van der Waals surface area contributed by atoms with Crippen molar-refractivity contribution < 1.29 is 23.9 Å². The number of carboxylic acid groups (broad SMARTS) is 1. The Morgan fingerprint density at radius 2 is 1.71 bits per heavy atom. The maximum absolute atomic E-state index is 13.8. The first-order valence-electron chi connectivity index (χ1n) is 13.2. The largest absolute Gasteiger partial charge is 0.481 e. The SMILES string of the molecule is C#CCn1nc(C(=O)Nc2cc(C(=O)Nc3ccc(F)cc3CC(=O)O)ccc2N2CCCCC2)c2ccccc21. The van der Waals surface area contributed by atoms with Crippen molar-refractivity contribution in [1.29, 1.82) is 0 Å². The van der Waals surface area contributed by atoms with E-state index in [-0.39, 0.29) is 29.1 Å². The van der Waals surface area contributed by atoms with Crippen LogP contribution in [0.5, 0.6) is 0 Å². The fourth-order valence-electron chi connectivity index (χ4n) is 5.06. The van der Waals surface area contributed by atoms with Crippen LogP contribution in [-0.2, 0) is 17.8 Å². The number of halogens is 1. The Hall–Kier alpha value is -5.17. The van der Waals surface area contributed by atoms with Gasteiger partial charge in [0.2, 0.25) is 0 Å². The lowest BCUT2D eigenvalue weighted by molar-refractivity contribution is -0.136. The monoisotopic (exact) mass is 553 g/mol. The number of nitrogens with one attached hydrogen (secondary N) is 2. The molecular weight excluding hydrogens is 525 g/mol. The maximum atomic E-state index is 13.8. The third kappa shape index (κ3) is 6.04. The number of carbonyl (C=O) groups excluding carboxylic acids is 2. The predicted molar refractivity (Wildman–Crippen MR) is 155 cm³/mol. The second-order valence-electron chi connectivity index (χ2n) is 9.79. The van der Waals surface area contributed by atoms with Crippen LogP contribution in [0, 0.1) is 18.2 Å². The van der Waals surface area contributed by atoms with Gasteiger partial charge in [-0.2, -0.15) is 5.10 Å². The van der Waals surface area contributed by atoms with Crippen LogP contribution in [0.15, 0.2) is 60.7 Å². The van der Waals surface area contributed by atoms with Gasteiger partial charge in [0.25, 0.3) is 11.8 Å². The summed E-state index contributed by atoms with van der Waals surface area (Å²) < 4.78 is 15.4. The van der Waals surface area contributed by atoms with Crippen molar-refractivity contribution in [3.63, 3.8) is 0 Å². The summed E-state index contributed by atoms with van der Waals surface area (Å²) in [6.45, 7) is 1.82. The fraction of sp³-hybridized carbons (Fsp3) is 0.226. The van der Waals surface area contributed by atoms with Gasteiger partial charge in [0.1, 0.15) is 12.4 Å². The first kappa shape index (κ1) is 27.4. The number of hydrogen-bond acceptors (Lipinski definition) is 5. The molecule has 1 aliphatic heterocycles. The molecule has 1 aromatic heterocycles. The average Bonchev–Trinajstić information content (AvgIpc) is 3.33. The van der Waals surface area contributed by atoms with Gasteiger partial charge in [0.15, 0.2) is 5.69 Å². The van der Waals surface area contributed by atoms with Crippen molar-refractivity contribution >= 4 is 45.7 Å². The Labute approximate surface area is 236 Å². The Morgan fingerprint density at radius 1 is 0.951 bits per heavy atom. The number of rotatable bonds is 8. The highest BCUT2D eigenvalue weighted by Gasteiger charge is 2.22. The van der Waals surface area contributed by atoms with Crippen LogP contribution in [0.2, 0.25) is 0 Å². The lowest BCUT2D eigenvalue weighted by atomic mass is 10.1. The molecule has 3 N–H and O–H groups in total. The standard InChI is InChI=1S/C31H28FN5O4/c1-2-14-37-26-9-5-4-8-23(26)29(35-37)31(41)34-25-18-20(10-13-27(25)36-15-6-3-7-16-36)30(40)33-24-12-11-22(32)17-21(24)19-28(38)39/h1,4-5,8-13,17-18H,3,6-7,14-16,19H2,(H,33,40)(H,34,41)(H,38,39). The molecule has 0 radical (unpaired) electrons. The molecule has 2 amide bonds. The summed E-state index contributed by atoms with van der Waals surface area (Å²) >= 11 is 0. The number of fused-ring (bicyclic) bond motifs is 1. The van der Waals surface area contributed by atoms with Gasteiger partial charge < -0.3 is 20.6 Å². The van der Waals surface area contributed by atoms with Gasteiger partial charge in [0.05, 0.1) is 23.3 Å². The van der Waals surface area contributed by atoms with E-state index < -0.39 is 30.0 Å². The van der Waals surface area contributed by atoms with E-state index in [9.17, 15) is 23.9 Å². The summed E-state index contributed by atoms with van der Waals surface area (Å²) in [6.07, 6.45) is 8.18. The van der Waals surface area contributed by atoms with Crippen LogP contribution < -0.4 is 15.5 Å². The second kappa shape index (κ2) is 11.9. The molecule has 5 rings (SSSR count). The average molecular weight is 554 g/mol. The van der Waals surface area contributed by atoms with Crippen LogP contribution in [0.1, 0.15) is 45.7 Å². The summed E-state index contributed by atoms with van der Waals surface area (Å²) in [4.78, 5) is 40.3. The van der Waals surface area contributed by atoms with E-state index in [1.54, 1.807) is 28.9 Å². The summed E-state index contributed by atoms with van der Waals surface area (Å²) in [6, 6.07) is 15.9. The van der Waals surface area contributed by atoms with Gasteiger partial charge >= 0.3 is 5.97 Å². The quantitative estimate of drug-likeness (QED) is 0.267. The van der Waals surface area contributed by atoms with E-state index in [0.717, 1.165) is 55.7 Å². The number of carbonyl (C=O) groups is 3. The van der Waals surface area contributed by atoms with E-state index >= 15 is 0 Å². The molecule has 1 fully saturated rings. The molecule has 41 heavy (non-hydrogen) atoms. The smallest absolute Gasteiger partial charge is 0.307 e. The molecular formula is C31H28FN5O4. The number of terminal acetylenes is 1. The lowest BCUT2D eigenvalue weighted by Crippen LogP contribution is -2.30. The van der Waals surface area contributed by atoms with Crippen LogP contribution in [-0.4, -0.2) is 45.8 Å². The van der Waals surface area contributed by atoms with Crippen LogP contribution >= 0.6 is 0 Å². The minimum atomic E-state index is -1.15. The molecule has 0 saturated carbocycles. The van der Waals surface area contributed by atoms with Gasteiger partial charge in [-0.3, -0.25) is 19.1 Å². The molecule has 0 atom stereocenters. The van der Waals surface area contributed by atoms with Crippen molar-refractivity contribution in [1.82, 2.24) is 9.78 Å². The number of nitrogens with zero attached hydrogens (tertiary/aromatic N) is 3. The molecule has 3 aromatic carbocycles. The highest BCUT2D eigenvalue weighted by Crippen LogP contribution is 2.31. The molecule has 4 aromatic rings. The van der Waals surface area contributed by atoms with E-state index in [0.29, 0.717) is 11.1 Å². The fourth-order valence-corrected chi connectivity index (χ4v) is 5.06. The number of amides is 2. The van der Waals surface area contributed by atoms with Crippen molar-refractivity contribution in [2.45, 2.75) is 32.2 Å². The zero-order valence-corrected chi connectivity index (χ0v) is 22.2. The predicted octanol–water partition coefficient (Wildman–Crippen LogP) is 4.93. The van der Waals surface area contributed by atoms with Crippen molar-refractivity contribution in [3.8, 4) is 12.3 Å². The van der Waals surface area contributed by atoms with Gasteiger partial charge in [-0.15, -0.1) is 6.42 Å². The molecule has 0 spiro atoms. The number of hydrogen-bond donors (Lipinski definition) is 3. The number of anilines is 3. The highest BCUT2D eigenvalue weighted by molar-refractivity contribution is 6.13. The molecule has 9 nitrogen and oxygen atoms in total. The van der Waals surface area contributed by atoms with Gasteiger partial charge in [-0.25, -0.2) is 4.39 Å². The van der Waals surface area contributed by atoms with Crippen molar-refractivity contribution in [2.24, 2.45) is 0 Å². The van der Waals surface area contributed by atoms with Crippen molar-refractivity contribution in [3.05, 3.63) is 83.3 Å². The normalized spacial score (nSPS) is 13.0. The molecule has 208 valence electrons. The van der Waals surface area contributed by atoms with Gasteiger partial charge in [-0.1, -0.05) is 24.1 Å². The van der Waals surface area contributed by atoms with Crippen LogP contribution in [0.25, 0.3) is 10.9 Å². The Kier molecular flexibility index (Phi) is 7.97. The van der Waals surface area contributed by atoms with E-state index in [4.69, 9.17) is 6.42 Å². The summed E-state index contributed by atoms with van der Waals surface area (Å²) in [5, 5.41) is 20.0. The first-order chi connectivity index (χ1) is 19.8. The van der Waals surface area contributed by atoms with Gasteiger partial charge in [-0.05, 0) is 67.3 Å². The topological polar surface area (TPSA) is 117 Å². The lowest BCUT2D eigenvalue weighted by Gasteiger charge is -2.30. The third-order valence-corrected chi connectivity index (χ3v) is 6.97. The zero-order valence-electron chi connectivity index (χ0n) is 22.2. The van der Waals surface area contributed by atoms with Crippen LogP contribution in [0.4, 0.5) is 21.5 Å². The molecule has 1 saturated heterocycles. The molecule has 0 aliphatic carbocycles. The number of piperidine rings is 1. The Morgan fingerprint density at radius 3 is 2.46 bits per heavy atom. The number of para-hydroxylation sites is 1. The molecule has 1 aliphatic rings. The Bertz CT molecular complexity index is 1680. The third-order valence-electron chi connectivity index (χ3n) is 6.97. The molecule has 0 bridgehead atoms. The number of aromatic nitrogens is 2. The number of carboxylic acids is 1. The van der Waals surface area contributed by atoms with Crippen molar-refractivity contribution in [2.75, 3.05) is 28.6 Å². The molecule has 2 heterocycles. The number of aliphatic carboxylic acids is 1. The van der Waals surface area contributed by atoms with E-state index in [1.165, 1.54) is 6.07 Å². The number of benzene rings is 3. The molecule has 0 unspecified atom stereocenters. The maximum Gasteiger partial charge on any atom is 0.307 e. The summed E-state index contributed by atoms with van der Waals surface area (Å²) in [5.41, 5.74) is 2.71. The molecule has 10 heteroatoms. The van der Waals surface area contributed by atoms with Gasteiger partial charge in [0, 0.05) is 29.7 Å². The minimum Gasteiger partial charge on any atom is -0.481 e. The first-order valence-corrected chi connectivity index (χ1v) is 13.2. The van der Waals surface area contributed by atoms with E-state index in [1.807, 2.05) is 18.2 Å². The van der Waals surface area contributed by atoms with E-state index in [2.05, 4.69) is 26.6 Å². The summed E-state index contributed by atoms with van der Waals surface area (Å²) in [7, 11) is 0. The zero-order chi connectivity index (χ0) is 28.9.